The van der Waals surface area contributed by atoms with Gasteiger partial charge in [-0.3, -0.25) is 9.36 Å². The lowest BCUT2D eigenvalue weighted by molar-refractivity contribution is 0.610. The molecule has 1 aliphatic rings. The van der Waals surface area contributed by atoms with E-state index in [0.717, 1.165) is 34.0 Å². The lowest BCUT2D eigenvalue weighted by Gasteiger charge is -2.31. The summed E-state index contributed by atoms with van der Waals surface area (Å²) in [7, 11) is 1.82. The number of hydrogen-bond donors (Lipinski definition) is 0. The fraction of sp³-hybridized carbons (Fsp3) is 0.571. The van der Waals surface area contributed by atoms with Crippen LogP contribution in [0.4, 0.5) is 0 Å². The highest BCUT2D eigenvalue weighted by atomic mass is 32.2. The van der Waals surface area contributed by atoms with Gasteiger partial charge in [-0.15, -0.1) is 23.1 Å². The summed E-state index contributed by atoms with van der Waals surface area (Å²) in [5.74, 6) is 1.01. The van der Waals surface area contributed by atoms with Crippen molar-refractivity contribution in [1.29, 1.82) is 0 Å². The molecule has 6 heteroatoms. The van der Waals surface area contributed by atoms with Crippen LogP contribution in [0.1, 0.15) is 30.7 Å². The van der Waals surface area contributed by atoms with Crippen LogP contribution in [-0.4, -0.2) is 20.6 Å². The summed E-state index contributed by atoms with van der Waals surface area (Å²) in [5, 5.41) is 1.66. The van der Waals surface area contributed by atoms with E-state index in [2.05, 4.69) is 18.8 Å². The summed E-state index contributed by atoms with van der Waals surface area (Å²) in [6, 6.07) is 0. The zero-order chi connectivity index (χ0) is 14.5. The van der Waals surface area contributed by atoms with Crippen LogP contribution in [0, 0.1) is 0 Å². The van der Waals surface area contributed by atoms with Crippen LogP contribution < -0.4 is 5.56 Å². The third kappa shape index (κ3) is 2.12. The molecule has 2 aromatic rings. The highest BCUT2D eigenvalue weighted by molar-refractivity contribution is 8.00. The largest absolute Gasteiger partial charge is 0.290 e. The number of rotatable bonds is 2. The van der Waals surface area contributed by atoms with Gasteiger partial charge in [0.15, 0.2) is 5.16 Å². The summed E-state index contributed by atoms with van der Waals surface area (Å²) >= 11 is 5.24. The summed E-state index contributed by atoms with van der Waals surface area (Å²) in [4.78, 5) is 19.6. The van der Waals surface area contributed by atoms with E-state index in [-0.39, 0.29) is 10.3 Å². The Hall–Kier alpha value is -0.460. The molecule has 108 valence electrons. The van der Waals surface area contributed by atoms with E-state index >= 15 is 0 Å². The molecule has 0 saturated carbocycles. The number of thiophene rings is 1. The molecule has 0 unspecified atom stereocenters. The van der Waals surface area contributed by atoms with Crippen molar-refractivity contribution in [1.82, 2.24) is 9.55 Å². The van der Waals surface area contributed by atoms with Crippen molar-refractivity contribution in [2.75, 3.05) is 6.26 Å². The fourth-order valence-electron chi connectivity index (χ4n) is 2.59. The Balaban J connectivity index is 2.27. The Labute approximate surface area is 131 Å². The van der Waals surface area contributed by atoms with Gasteiger partial charge in [-0.25, -0.2) is 4.98 Å². The maximum atomic E-state index is 12.6. The van der Waals surface area contributed by atoms with Gasteiger partial charge in [-0.05, 0) is 24.7 Å². The second kappa shape index (κ2) is 5.07. The van der Waals surface area contributed by atoms with Gasteiger partial charge in [0.2, 0.25) is 0 Å². The van der Waals surface area contributed by atoms with Crippen molar-refractivity contribution in [2.24, 2.45) is 7.05 Å². The first-order valence-corrected chi connectivity index (χ1v) is 9.71. The van der Waals surface area contributed by atoms with Gasteiger partial charge in [0.1, 0.15) is 4.83 Å². The SMILES string of the molecule is CC[C@@]1(C)Cc2c(sc3nc(SC)n(C)c(=O)c23)CS1. The number of thioether (sulfide) groups is 2. The molecule has 20 heavy (non-hydrogen) atoms. The molecule has 3 rings (SSSR count). The summed E-state index contributed by atoms with van der Waals surface area (Å²) < 4.78 is 1.94. The molecule has 3 nitrogen and oxygen atoms in total. The Morgan fingerprint density at radius 3 is 2.90 bits per heavy atom. The molecule has 3 heterocycles. The standard InChI is InChI=1S/C14H18N2OS3/c1-5-14(2)6-8-9(7-19-14)20-11-10(8)12(17)16(3)13(15-11)18-4/h5-7H2,1-4H3/t14-/m0/s1. The van der Waals surface area contributed by atoms with Crippen molar-refractivity contribution in [3.05, 3.63) is 20.8 Å². The number of nitrogens with zero attached hydrogens (tertiary/aromatic N) is 2. The van der Waals surface area contributed by atoms with E-state index in [1.165, 1.54) is 22.2 Å². The van der Waals surface area contributed by atoms with Gasteiger partial charge in [0, 0.05) is 22.4 Å². The fourth-order valence-corrected chi connectivity index (χ4v) is 5.68. The zero-order valence-corrected chi connectivity index (χ0v) is 14.6. The van der Waals surface area contributed by atoms with Crippen molar-refractivity contribution >= 4 is 45.1 Å². The molecule has 2 aromatic heterocycles. The molecule has 1 aliphatic heterocycles. The topological polar surface area (TPSA) is 34.9 Å². The summed E-state index contributed by atoms with van der Waals surface area (Å²) in [5.41, 5.74) is 1.37. The van der Waals surface area contributed by atoms with Crippen molar-refractivity contribution in [2.45, 2.75) is 42.3 Å². The molecule has 0 spiro atoms. The number of fused-ring (bicyclic) bond motifs is 3. The maximum absolute atomic E-state index is 12.6. The first-order chi connectivity index (χ1) is 9.49. The molecule has 0 amide bonds. The smallest absolute Gasteiger partial charge is 0.262 e. The summed E-state index contributed by atoms with van der Waals surface area (Å²) in [6.45, 7) is 4.53. The predicted molar refractivity (Wildman–Crippen MR) is 90.3 cm³/mol. The van der Waals surface area contributed by atoms with Crippen molar-refractivity contribution < 1.29 is 0 Å². The van der Waals surface area contributed by atoms with E-state index in [1.807, 2.05) is 25.1 Å². The Morgan fingerprint density at radius 2 is 2.25 bits per heavy atom. The monoisotopic (exact) mass is 326 g/mol. The normalized spacial score (nSPS) is 22.2. The van der Waals surface area contributed by atoms with Crippen LogP contribution in [-0.2, 0) is 19.2 Å². The molecule has 0 aromatic carbocycles. The first kappa shape index (κ1) is 14.5. The Morgan fingerprint density at radius 1 is 1.50 bits per heavy atom. The van der Waals surface area contributed by atoms with Crippen LogP contribution >= 0.6 is 34.9 Å². The minimum absolute atomic E-state index is 0.113. The van der Waals surface area contributed by atoms with Crippen molar-refractivity contribution in [3.63, 3.8) is 0 Å². The molecule has 0 fully saturated rings. The molecule has 0 aliphatic carbocycles. The lowest BCUT2D eigenvalue weighted by Crippen LogP contribution is -2.27. The Kier molecular flexibility index (Phi) is 3.67. The van der Waals surface area contributed by atoms with Gasteiger partial charge in [-0.1, -0.05) is 25.6 Å². The highest BCUT2D eigenvalue weighted by Crippen LogP contribution is 2.45. The van der Waals surface area contributed by atoms with Crippen LogP contribution in [0.5, 0.6) is 0 Å². The molecule has 0 saturated heterocycles. The van der Waals surface area contributed by atoms with Gasteiger partial charge in [0.25, 0.3) is 5.56 Å². The van der Waals surface area contributed by atoms with Crippen molar-refractivity contribution in [3.8, 4) is 0 Å². The van der Waals surface area contributed by atoms with Crippen LogP contribution in [0.15, 0.2) is 9.95 Å². The third-order valence-corrected chi connectivity index (χ3v) is 7.71. The van der Waals surface area contributed by atoms with Gasteiger partial charge >= 0.3 is 0 Å². The first-order valence-electron chi connectivity index (χ1n) is 6.68. The van der Waals surface area contributed by atoms with E-state index in [0.29, 0.717) is 0 Å². The molecule has 0 N–H and O–H groups in total. The molecular formula is C14H18N2OS3. The highest BCUT2D eigenvalue weighted by Gasteiger charge is 2.32. The Bertz CT molecular complexity index is 734. The summed E-state index contributed by atoms with van der Waals surface area (Å²) in [6.07, 6.45) is 4.08. The van der Waals surface area contributed by atoms with Crippen LogP contribution in [0.25, 0.3) is 10.2 Å². The third-order valence-electron chi connectivity index (χ3n) is 4.11. The molecular weight excluding hydrogens is 308 g/mol. The molecule has 0 bridgehead atoms. The van der Waals surface area contributed by atoms with Gasteiger partial charge in [-0.2, -0.15) is 0 Å². The van der Waals surface area contributed by atoms with E-state index in [9.17, 15) is 4.79 Å². The van der Waals surface area contributed by atoms with Gasteiger partial charge < -0.3 is 0 Å². The lowest BCUT2D eigenvalue weighted by atomic mass is 9.96. The molecule has 0 radical (unpaired) electrons. The maximum Gasteiger partial charge on any atom is 0.262 e. The van der Waals surface area contributed by atoms with Crippen LogP contribution in [0.2, 0.25) is 0 Å². The number of hydrogen-bond acceptors (Lipinski definition) is 5. The predicted octanol–water partition coefficient (Wildman–Crippen LogP) is 3.67. The minimum Gasteiger partial charge on any atom is -0.290 e. The zero-order valence-electron chi connectivity index (χ0n) is 12.1. The second-order valence-electron chi connectivity index (χ2n) is 5.42. The number of aromatic nitrogens is 2. The molecule has 1 atom stereocenters. The minimum atomic E-state index is 0.113. The average molecular weight is 327 g/mol. The van der Waals surface area contributed by atoms with Crippen LogP contribution in [0.3, 0.4) is 0 Å². The van der Waals surface area contributed by atoms with E-state index in [4.69, 9.17) is 0 Å². The van der Waals surface area contributed by atoms with E-state index < -0.39 is 0 Å². The quantitative estimate of drug-likeness (QED) is 0.623. The second-order valence-corrected chi connectivity index (χ2v) is 8.84. The van der Waals surface area contributed by atoms with E-state index in [1.54, 1.807) is 15.9 Å². The average Bonchev–Trinajstić information content (AvgIpc) is 2.80. The van der Waals surface area contributed by atoms with Gasteiger partial charge in [0.05, 0.1) is 5.39 Å².